The summed E-state index contributed by atoms with van der Waals surface area (Å²) in [4.78, 5) is 32.9. The lowest BCUT2D eigenvalue weighted by Crippen LogP contribution is -2.48. The van der Waals surface area contributed by atoms with Crippen LogP contribution in [0.1, 0.15) is 23.2 Å². The van der Waals surface area contributed by atoms with Gasteiger partial charge in [0.25, 0.3) is 5.91 Å². The van der Waals surface area contributed by atoms with Gasteiger partial charge in [-0.05, 0) is 31.0 Å². The van der Waals surface area contributed by atoms with Crippen molar-refractivity contribution in [2.24, 2.45) is 0 Å². The number of amides is 2. The van der Waals surface area contributed by atoms with E-state index >= 15 is 0 Å². The SMILES string of the molecule is CN(C)C(=O)C1(NC(=O)c2ccc3nc[nH]c3c2)CC1. The van der Waals surface area contributed by atoms with Crippen molar-refractivity contribution in [1.29, 1.82) is 0 Å². The number of nitrogens with zero attached hydrogens (tertiary/aromatic N) is 2. The Morgan fingerprint density at radius 2 is 2.10 bits per heavy atom. The molecule has 1 heterocycles. The highest BCUT2D eigenvalue weighted by Gasteiger charge is 2.52. The quantitative estimate of drug-likeness (QED) is 0.872. The smallest absolute Gasteiger partial charge is 0.252 e. The first kappa shape index (κ1) is 12.7. The summed E-state index contributed by atoms with van der Waals surface area (Å²) in [5, 5.41) is 2.86. The van der Waals surface area contributed by atoms with Crippen molar-refractivity contribution in [3.05, 3.63) is 30.1 Å². The predicted octanol–water partition coefficient (Wildman–Crippen LogP) is 0.913. The summed E-state index contributed by atoms with van der Waals surface area (Å²) in [6.45, 7) is 0. The van der Waals surface area contributed by atoms with Gasteiger partial charge in [-0.3, -0.25) is 9.59 Å². The number of aromatic nitrogens is 2. The Morgan fingerprint density at radius 3 is 2.75 bits per heavy atom. The van der Waals surface area contributed by atoms with E-state index in [0.29, 0.717) is 18.4 Å². The topological polar surface area (TPSA) is 78.1 Å². The first-order chi connectivity index (χ1) is 9.52. The summed E-state index contributed by atoms with van der Waals surface area (Å²) in [6, 6.07) is 5.25. The highest BCUT2D eigenvalue weighted by atomic mass is 16.2. The highest BCUT2D eigenvalue weighted by molar-refractivity contribution is 6.02. The number of carbonyl (C=O) groups excluding carboxylic acids is 2. The molecule has 1 aliphatic carbocycles. The molecule has 3 rings (SSSR count). The largest absolute Gasteiger partial charge is 0.347 e. The Kier molecular flexibility index (Phi) is 2.74. The molecule has 1 saturated carbocycles. The minimum Gasteiger partial charge on any atom is -0.347 e. The van der Waals surface area contributed by atoms with Gasteiger partial charge in [0.15, 0.2) is 0 Å². The summed E-state index contributed by atoms with van der Waals surface area (Å²) in [6.07, 6.45) is 2.98. The molecule has 6 heteroatoms. The van der Waals surface area contributed by atoms with Gasteiger partial charge < -0.3 is 15.2 Å². The fourth-order valence-corrected chi connectivity index (χ4v) is 2.31. The second-order valence-corrected chi connectivity index (χ2v) is 5.37. The molecule has 0 unspecified atom stereocenters. The summed E-state index contributed by atoms with van der Waals surface area (Å²) >= 11 is 0. The van der Waals surface area contributed by atoms with Gasteiger partial charge in [0.1, 0.15) is 5.54 Å². The van der Waals surface area contributed by atoms with Crippen molar-refractivity contribution in [3.8, 4) is 0 Å². The summed E-state index contributed by atoms with van der Waals surface area (Å²) in [5.74, 6) is -0.275. The van der Waals surface area contributed by atoms with Gasteiger partial charge in [-0.15, -0.1) is 0 Å². The molecule has 2 N–H and O–H groups in total. The minimum atomic E-state index is -0.705. The number of hydrogen-bond donors (Lipinski definition) is 2. The number of aromatic amines is 1. The maximum atomic E-state index is 12.3. The van der Waals surface area contributed by atoms with Gasteiger partial charge in [0, 0.05) is 19.7 Å². The zero-order valence-electron chi connectivity index (χ0n) is 11.4. The van der Waals surface area contributed by atoms with E-state index < -0.39 is 5.54 Å². The van der Waals surface area contributed by atoms with E-state index in [1.165, 1.54) is 4.90 Å². The molecular formula is C14H16N4O2. The van der Waals surface area contributed by atoms with Gasteiger partial charge in [-0.25, -0.2) is 4.98 Å². The van der Waals surface area contributed by atoms with Gasteiger partial charge in [0.2, 0.25) is 5.91 Å². The van der Waals surface area contributed by atoms with E-state index in [2.05, 4.69) is 15.3 Å². The summed E-state index contributed by atoms with van der Waals surface area (Å²) < 4.78 is 0. The van der Waals surface area contributed by atoms with Crippen molar-refractivity contribution in [1.82, 2.24) is 20.2 Å². The van der Waals surface area contributed by atoms with Crippen molar-refractivity contribution in [3.63, 3.8) is 0 Å². The molecule has 0 radical (unpaired) electrons. The molecule has 1 aliphatic rings. The molecule has 1 fully saturated rings. The maximum absolute atomic E-state index is 12.3. The molecule has 0 spiro atoms. The fraction of sp³-hybridized carbons (Fsp3) is 0.357. The fourth-order valence-electron chi connectivity index (χ4n) is 2.31. The number of nitrogens with one attached hydrogen (secondary N) is 2. The van der Waals surface area contributed by atoms with E-state index in [1.54, 1.807) is 38.6 Å². The molecule has 2 aromatic rings. The monoisotopic (exact) mass is 272 g/mol. The van der Waals surface area contributed by atoms with Crippen LogP contribution >= 0.6 is 0 Å². The van der Waals surface area contributed by atoms with Crippen LogP contribution in [0.3, 0.4) is 0 Å². The molecule has 1 aromatic heterocycles. The molecule has 0 saturated heterocycles. The Bertz CT molecular complexity index is 685. The van der Waals surface area contributed by atoms with Gasteiger partial charge in [0.05, 0.1) is 17.4 Å². The zero-order valence-corrected chi connectivity index (χ0v) is 11.4. The van der Waals surface area contributed by atoms with E-state index in [-0.39, 0.29) is 11.8 Å². The molecule has 0 aliphatic heterocycles. The van der Waals surface area contributed by atoms with E-state index in [9.17, 15) is 9.59 Å². The van der Waals surface area contributed by atoms with E-state index in [1.807, 2.05) is 0 Å². The van der Waals surface area contributed by atoms with Crippen LogP contribution in [0.25, 0.3) is 11.0 Å². The average molecular weight is 272 g/mol. The highest BCUT2D eigenvalue weighted by Crippen LogP contribution is 2.37. The number of imidazole rings is 1. The minimum absolute atomic E-state index is 0.0477. The van der Waals surface area contributed by atoms with Gasteiger partial charge >= 0.3 is 0 Å². The maximum Gasteiger partial charge on any atom is 0.252 e. The molecule has 104 valence electrons. The van der Waals surface area contributed by atoms with Crippen LogP contribution in [-0.2, 0) is 4.79 Å². The molecular weight excluding hydrogens is 256 g/mol. The third-order valence-corrected chi connectivity index (χ3v) is 3.60. The Morgan fingerprint density at radius 1 is 1.35 bits per heavy atom. The van der Waals surface area contributed by atoms with Gasteiger partial charge in [-0.2, -0.15) is 0 Å². The van der Waals surface area contributed by atoms with Crippen LogP contribution in [0.5, 0.6) is 0 Å². The van der Waals surface area contributed by atoms with Gasteiger partial charge in [-0.1, -0.05) is 0 Å². The first-order valence-corrected chi connectivity index (χ1v) is 6.49. The zero-order chi connectivity index (χ0) is 14.3. The summed E-state index contributed by atoms with van der Waals surface area (Å²) in [7, 11) is 3.40. The Hall–Kier alpha value is -2.37. The van der Waals surface area contributed by atoms with Crippen molar-refractivity contribution in [2.75, 3.05) is 14.1 Å². The lowest BCUT2D eigenvalue weighted by atomic mass is 10.1. The normalized spacial score (nSPS) is 15.9. The third-order valence-electron chi connectivity index (χ3n) is 3.60. The molecule has 20 heavy (non-hydrogen) atoms. The Labute approximate surface area is 116 Å². The first-order valence-electron chi connectivity index (χ1n) is 6.49. The van der Waals surface area contributed by atoms with Crippen molar-refractivity contribution >= 4 is 22.8 Å². The number of H-pyrrole nitrogens is 1. The van der Waals surface area contributed by atoms with Crippen LogP contribution in [-0.4, -0.2) is 46.3 Å². The molecule has 1 aromatic carbocycles. The number of carbonyl (C=O) groups is 2. The molecule has 0 bridgehead atoms. The second kappa shape index (κ2) is 4.33. The lowest BCUT2D eigenvalue weighted by molar-refractivity contribution is -0.131. The van der Waals surface area contributed by atoms with Crippen LogP contribution in [0.2, 0.25) is 0 Å². The average Bonchev–Trinajstić information content (AvgIpc) is 3.04. The standard InChI is InChI=1S/C14H16N4O2/c1-18(2)13(20)14(5-6-14)17-12(19)9-3-4-10-11(7-9)16-8-15-10/h3-4,7-8H,5-6H2,1-2H3,(H,15,16)(H,17,19). The van der Waals surface area contributed by atoms with Crippen molar-refractivity contribution in [2.45, 2.75) is 18.4 Å². The number of likely N-dealkylation sites (N-methyl/N-ethyl adjacent to an activating group) is 1. The van der Waals surface area contributed by atoms with Crippen LogP contribution < -0.4 is 5.32 Å². The predicted molar refractivity (Wildman–Crippen MR) is 74.2 cm³/mol. The molecule has 2 amide bonds. The molecule has 0 atom stereocenters. The Balaban J connectivity index is 1.81. The van der Waals surface area contributed by atoms with Crippen LogP contribution in [0.15, 0.2) is 24.5 Å². The second-order valence-electron chi connectivity index (χ2n) is 5.37. The number of benzene rings is 1. The number of hydrogen-bond acceptors (Lipinski definition) is 3. The summed E-state index contributed by atoms with van der Waals surface area (Å²) in [5.41, 5.74) is 1.44. The van der Waals surface area contributed by atoms with Crippen LogP contribution in [0, 0.1) is 0 Å². The van der Waals surface area contributed by atoms with E-state index in [4.69, 9.17) is 0 Å². The lowest BCUT2D eigenvalue weighted by Gasteiger charge is -2.20. The van der Waals surface area contributed by atoms with Crippen molar-refractivity contribution < 1.29 is 9.59 Å². The van der Waals surface area contributed by atoms with Crippen LogP contribution in [0.4, 0.5) is 0 Å². The number of fused-ring (bicyclic) bond motifs is 1. The molecule has 6 nitrogen and oxygen atoms in total. The number of rotatable bonds is 3. The third kappa shape index (κ3) is 2.03. The van der Waals surface area contributed by atoms with E-state index in [0.717, 1.165) is 11.0 Å².